The first-order valence-corrected chi connectivity index (χ1v) is 6.81. The average Bonchev–Trinajstić information content (AvgIpc) is 2.36. The van der Waals surface area contributed by atoms with Gasteiger partial charge in [-0.2, -0.15) is 0 Å². The van der Waals surface area contributed by atoms with Crippen LogP contribution in [-0.4, -0.2) is 29.4 Å². The third-order valence-electron chi connectivity index (χ3n) is 2.58. The fraction of sp³-hybridized carbons (Fsp3) is 0.533. The zero-order chi connectivity index (χ0) is 15.2. The molecule has 5 nitrogen and oxygen atoms in total. The van der Waals surface area contributed by atoms with Crippen LogP contribution < -0.4 is 15.4 Å². The average molecular weight is 280 g/mol. The summed E-state index contributed by atoms with van der Waals surface area (Å²) in [6.45, 7) is 7.77. The van der Waals surface area contributed by atoms with Gasteiger partial charge in [0.05, 0.1) is 12.6 Å². The van der Waals surface area contributed by atoms with E-state index in [0.717, 1.165) is 5.75 Å². The van der Waals surface area contributed by atoms with Crippen LogP contribution in [-0.2, 0) is 0 Å². The maximum Gasteiger partial charge on any atom is 0.319 e. The molecule has 0 aromatic heterocycles. The van der Waals surface area contributed by atoms with E-state index in [0.29, 0.717) is 12.1 Å². The molecule has 0 bridgehead atoms. The van der Waals surface area contributed by atoms with Crippen molar-refractivity contribution in [3.63, 3.8) is 0 Å². The molecule has 0 spiro atoms. The van der Waals surface area contributed by atoms with Gasteiger partial charge in [-0.1, -0.05) is 6.92 Å². The van der Waals surface area contributed by atoms with E-state index >= 15 is 0 Å². The Balaban J connectivity index is 2.55. The highest BCUT2D eigenvalue weighted by Crippen LogP contribution is 2.20. The maximum absolute atomic E-state index is 11.7. The number of nitrogens with one attached hydrogen (secondary N) is 2. The molecule has 0 saturated heterocycles. The lowest BCUT2D eigenvalue weighted by atomic mass is 10.2. The van der Waals surface area contributed by atoms with Crippen LogP contribution in [0.15, 0.2) is 24.3 Å². The zero-order valence-corrected chi connectivity index (χ0v) is 12.6. The second kappa shape index (κ2) is 7.14. The summed E-state index contributed by atoms with van der Waals surface area (Å²) in [6, 6.07) is 6.63. The lowest BCUT2D eigenvalue weighted by Gasteiger charge is -2.21. The van der Waals surface area contributed by atoms with Gasteiger partial charge in [-0.15, -0.1) is 0 Å². The number of urea groups is 1. The van der Waals surface area contributed by atoms with E-state index in [2.05, 4.69) is 10.6 Å². The predicted molar refractivity (Wildman–Crippen MR) is 80.1 cm³/mol. The van der Waals surface area contributed by atoms with Crippen molar-refractivity contribution in [2.24, 2.45) is 0 Å². The Labute approximate surface area is 120 Å². The third kappa shape index (κ3) is 5.93. The number of anilines is 1. The van der Waals surface area contributed by atoms with Crippen molar-refractivity contribution in [2.75, 3.05) is 11.9 Å². The second-order valence-corrected chi connectivity index (χ2v) is 5.63. The van der Waals surface area contributed by atoms with Gasteiger partial charge >= 0.3 is 6.03 Å². The number of hydrogen-bond donors (Lipinski definition) is 3. The molecule has 1 rings (SSSR count). The van der Waals surface area contributed by atoms with Gasteiger partial charge in [0.2, 0.25) is 0 Å². The molecule has 1 aromatic carbocycles. The van der Waals surface area contributed by atoms with Gasteiger partial charge in [0.15, 0.2) is 0 Å². The molecular formula is C15H24N2O3. The number of carbonyl (C=O) groups excluding carboxylic acids is 1. The van der Waals surface area contributed by atoms with Crippen LogP contribution in [0.25, 0.3) is 0 Å². The van der Waals surface area contributed by atoms with Crippen LogP contribution in [0.3, 0.4) is 0 Å². The van der Waals surface area contributed by atoms with Crippen molar-refractivity contribution in [1.82, 2.24) is 5.32 Å². The van der Waals surface area contributed by atoms with Crippen LogP contribution in [0.4, 0.5) is 10.5 Å². The van der Waals surface area contributed by atoms with Gasteiger partial charge in [0, 0.05) is 5.69 Å². The monoisotopic (exact) mass is 280 g/mol. The first-order chi connectivity index (χ1) is 9.34. The molecule has 1 unspecified atom stereocenters. The number of carbonyl (C=O) groups is 1. The Morgan fingerprint density at radius 2 is 1.90 bits per heavy atom. The molecule has 0 saturated carbocycles. The molecule has 3 N–H and O–H groups in total. The highest BCUT2D eigenvalue weighted by Gasteiger charge is 2.12. The molecule has 2 amide bonds. The zero-order valence-electron chi connectivity index (χ0n) is 12.6. The molecule has 0 aliphatic heterocycles. The number of amides is 2. The fourth-order valence-corrected chi connectivity index (χ4v) is 1.59. The Hall–Kier alpha value is -1.75. The van der Waals surface area contributed by atoms with Gasteiger partial charge in [-0.3, -0.25) is 0 Å². The van der Waals surface area contributed by atoms with E-state index in [1.54, 1.807) is 12.1 Å². The molecule has 0 aliphatic rings. The second-order valence-electron chi connectivity index (χ2n) is 5.63. The molecule has 0 fully saturated rings. The minimum absolute atomic E-state index is 0.0672. The first-order valence-electron chi connectivity index (χ1n) is 6.81. The van der Waals surface area contributed by atoms with E-state index in [-0.39, 0.29) is 24.3 Å². The Bertz CT molecular complexity index is 420. The molecule has 0 heterocycles. The summed E-state index contributed by atoms with van der Waals surface area (Å²) in [5, 5.41) is 14.4. The molecule has 112 valence electrons. The summed E-state index contributed by atoms with van der Waals surface area (Å²) in [5.74, 6) is 0.755. The normalized spacial score (nSPS) is 12.7. The van der Waals surface area contributed by atoms with Crippen molar-refractivity contribution in [2.45, 2.75) is 45.8 Å². The van der Waals surface area contributed by atoms with Crippen molar-refractivity contribution in [3.05, 3.63) is 24.3 Å². The van der Waals surface area contributed by atoms with E-state index in [4.69, 9.17) is 9.84 Å². The van der Waals surface area contributed by atoms with E-state index < -0.39 is 0 Å². The third-order valence-corrected chi connectivity index (χ3v) is 2.58. The van der Waals surface area contributed by atoms with Gasteiger partial charge in [-0.25, -0.2) is 4.79 Å². The van der Waals surface area contributed by atoms with Gasteiger partial charge in [-0.05, 0) is 51.5 Å². The largest absolute Gasteiger partial charge is 0.488 e. The van der Waals surface area contributed by atoms with Gasteiger partial charge in [0.1, 0.15) is 11.4 Å². The van der Waals surface area contributed by atoms with Crippen molar-refractivity contribution in [1.29, 1.82) is 0 Å². The van der Waals surface area contributed by atoms with Crippen molar-refractivity contribution < 1.29 is 14.6 Å². The standard InChI is InChI=1S/C15H24N2O3/c1-5-11(10-18)16-14(19)17-12-6-8-13(9-7-12)20-15(2,3)4/h6-9,11,18H,5,10H2,1-4H3,(H2,16,17,19). The molecule has 20 heavy (non-hydrogen) atoms. The lowest BCUT2D eigenvalue weighted by molar-refractivity contribution is 0.131. The Kier molecular flexibility index (Phi) is 5.82. The highest BCUT2D eigenvalue weighted by atomic mass is 16.5. The van der Waals surface area contributed by atoms with E-state index in [1.807, 2.05) is 39.8 Å². The molecule has 5 heteroatoms. The first kappa shape index (κ1) is 16.3. The maximum atomic E-state index is 11.7. The summed E-state index contributed by atoms with van der Waals surface area (Å²) in [4.78, 5) is 11.7. The smallest absolute Gasteiger partial charge is 0.319 e. The number of aliphatic hydroxyl groups excluding tert-OH is 1. The summed E-state index contributed by atoms with van der Waals surface area (Å²) in [7, 11) is 0. The highest BCUT2D eigenvalue weighted by molar-refractivity contribution is 5.89. The van der Waals surface area contributed by atoms with Crippen LogP contribution in [0.1, 0.15) is 34.1 Å². The number of ether oxygens (including phenoxy) is 1. The summed E-state index contributed by atoms with van der Waals surface area (Å²) >= 11 is 0. The summed E-state index contributed by atoms with van der Waals surface area (Å²) in [5.41, 5.74) is 0.429. The van der Waals surface area contributed by atoms with E-state index in [1.165, 1.54) is 0 Å². The SMILES string of the molecule is CCC(CO)NC(=O)Nc1ccc(OC(C)(C)C)cc1. The van der Waals surface area contributed by atoms with Crippen molar-refractivity contribution in [3.8, 4) is 5.75 Å². The Morgan fingerprint density at radius 3 is 2.35 bits per heavy atom. The number of hydrogen-bond acceptors (Lipinski definition) is 3. The minimum Gasteiger partial charge on any atom is -0.488 e. The van der Waals surface area contributed by atoms with Crippen LogP contribution >= 0.6 is 0 Å². The van der Waals surface area contributed by atoms with Crippen LogP contribution in [0, 0.1) is 0 Å². The van der Waals surface area contributed by atoms with E-state index in [9.17, 15) is 4.79 Å². The molecule has 1 atom stereocenters. The molecular weight excluding hydrogens is 256 g/mol. The molecule has 1 aromatic rings. The van der Waals surface area contributed by atoms with Gasteiger partial charge < -0.3 is 20.5 Å². The topological polar surface area (TPSA) is 70.6 Å². The minimum atomic E-state index is -0.324. The van der Waals surface area contributed by atoms with Gasteiger partial charge in [0.25, 0.3) is 0 Å². The van der Waals surface area contributed by atoms with Crippen molar-refractivity contribution >= 4 is 11.7 Å². The fourth-order valence-electron chi connectivity index (χ4n) is 1.59. The Morgan fingerprint density at radius 1 is 1.30 bits per heavy atom. The summed E-state index contributed by atoms with van der Waals surface area (Å²) < 4.78 is 5.70. The summed E-state index contributed by atoms with van der Waals surface area (Å²) in [6.07, 6.45) is 0.683. The molecule has 0 aliphatic carbocycles. The predicted octanol–water partition coefficient (Wildman–Crippen LogP) is 2.76. The number of aliphatic hydroxyl groups is 1. The number of rotatable bonds is 5. The quantitative estimate of drug-likeness (QED) is 0.776. The van der Waals surface area contributed by atoms with Crippen LogP contribution in [0.5, 0.6) is 5.75 Å². The molecule has 0 radical (unpaired) electrons. The lowest BCUT2D eigenvalue weighted by Crippen LogP contribution is -2.39. The van der Waals surface area contributed by atoms with Crippen LogP contribution in [0.2, 0.25) is 0 Å². The number of benzene rings is 1.